The topological polar surface area (TPSA) is 159 Å². The van der Waals surface area contributed by atoms with E-state index in [2.05, 4.69) is 20.3 Å². The first kappa shape index (κ1) is 28.2. The van der Waals surface area contributed by atoms with Crippen LogP contribution in [-0.2, 0) is 0 Å². The summed E-state index contributed by atoms with van der Waals surface area (Å²) in [6, 6.07) is 9.08. The molecule has 2 saturated carbocycles. The molecule has 2 aliphatic carbocycles. The van der Waals surface area contributed by atoms with Crippen molar-refractivity contribution in [2.24, 2.45) is 11.7 Å². The molecule has 2 heterocycles. The second kappa shape index (κ2) is 11.7. The van der Waals surface area contributed by atoms with Crippen LogP contribution >= 0.6 is 0 Å². The van der Waals surface area contributed by atoms with Crippen molar-refractivity contribution >= 4 is 34.2 Å². The maximum absolute atomic E-state index is 12.6. The van der Waals surface area contributed by atoms with Gasteiger partial charge in [-0.1, -0.05) is 12.8 Å². The van der Waals surface area contributed by atoms with Gasteiger partial charge < -0.3 is 30.4 Å². The summed E-state index contributed by atoms with van der Waals surface area (Å²) in [7, 11) is 2.99. The number of fused-ring (bicyclic) bond motifs is 1. The Morgan fingerprint density at radius 1 is 0.977 bits per heavy atom. The smallest absolute Gasteiger partial charge is 0.335 e. The number of carbonyl (C=O) groups excluding carboxylic acids is 1. The number of rotatable bonds is 11. The summed E-state index contributed by atoms with van der Waals surface area (Å²) >= 11 is 0. The van der Waals surface area contributed by atoms with Crippen molar-refractivity contribution in [2.45, 2.75) is 44.4 Å². The number of carboxylic acids is 1. The molecule has 0 radical (unpaired) electrons. The molecule has 2 fully saturated rings. The lowest BCUT2D eigenvalue weighted by Gasteiger charge is -2.19. The Labute approximate surface area is 248 Å². The first-order valence-corrected chi connectivity index (χ1v) is 14.3. The molecular formula is C32H33N5O6. The molecule has 4 N–H and O–H groups in total. The summed E-state index contributed by atoms with van der Waals surface area (Å²) in [4.78, 5) is 37.8. The number of amides is 1. The number of pyridine rings is 1. The van der Waals surface area contributed by atoms with E-state index in [-0.39, 0.29) is 23.1 Å². The molecule has 4 aromatic rings. The highest BCUT2D eigenvalue weighted by Gasteiger charge is 2.25. The summed E-state index contributed by atoms with van der Waals surface area (Å²) in [5.41, 5.74) is 9.87. The van der Waals surface area contributed by atoms with Crippen LogP contribution in [0.2, 0.25) is 0 Å². The van der Waals surface area contributed by atoms with Gasteiger partial charge in [-0.25, -0.2) is 9.78 Å². The monoisotopic (exact) mass is 583 g/mol. The number of aromatic nitrogens is 3. The van der Waals surface area contributed by atoms with Gasteiger partial charge in [-0.2, -0.15) is 4.98 Å². The Morgan fingerprint density at radius 3 is 2.44 bits per heavy atom. The van der Waals surface area contributed by atoms with E-state index in [1.54, 1.807) is 18.3 Å². The zero-order chi connectivity index (χ0) is 30.1. The van der Waals surface area contributed by atoms with Crippen molar-refractivity contribution in [1.29, 1.82) is 0 Å². The van der Waals surface area contributed by atoms with Gasteiger partial charge in [0.15, 0.2) is 0 Å². The Balaban J connectivity index is 1.51. The second-order valence-electron chi connectivity index (χ2n) is 11.1. The van der Waals surface area contributed by atoms with Gasteiger partial charge in [0, 0.05) is 29.0 Å². The number of hydrogen-bond donors (Lipinski definition) is 3. The van der Waals surface area contributed by atoms with Crippen molar-refractivity contribution in [3.05, 3.63) is 59.4 Å². The van der Waals surface area contributed by atoms with Gasteiger partial charge in [-0.3, -0.25) is 9.78 Å². The number of anilines is 2. The van der Waals surface area contributed by atoms with E-state index in [4.69, 9.17) is 19.9 Å². The molecule has 2 aromatic heterocycles. The maximum atomic E-state index is 12.6. The van der Waals surface area contributed by atoms with Crippen LogP contribution in [0.15, 0.2) is 42.7 Å². The number of nitrogens with zero attached hydrogens (tertiary/aromatic N) is 3. The zero-order valence-electron chi connectivity index (χ0n) is 24.1. The normalized spacial score (nSPS) is 14.9. The lowest BCUT2D eigenvalue weighted by molar-refractivity contribution is 0.0696. The first-order chi connectivity index (χ1) is 20.8. The van der Waals surface area contributed by atoms with Gasteiger partial charge >= 0.3 is 12.0 Å². The molecule has 2 aliphatic rings. The highest BCUT2D eigenvalue weighted by atomic mass is 16.5. The molecule has 1 amide bonds. The summed E-state index contributed by atoms with van der Waals surface area (Å²) in [6.07, 6.45) is 9.47. The van der Waals surface area contributed by atoms with Crippen LogP contribution in [0.5, 0.6) is 17.6 Å². The van der Waals surface area contributed by atoms with Gasteiger partial charge in [-0.15, -0.1) is 0 Å². The molecule has 0 bridgehead atoms. The molecule has 11 heteroatoms. The number of aromatic carboxylic acids is 1. The van der Waals surface area contributed by atoms with Crippen LogP contribution in [0, 0.1) is 5.92 Å². The summed E-state index contributed by atoms with van der Waals surface area (Å²) in [6.45, 7) is 0.523. The Bertz CT molecular complexity index is 1710. The van der Waals surface area contributed by atoms with Gasteiger partial charge in [0.1, 0.15) is 5.75 Å². The van der Waals surface area contributed by atoms with Crippen LogP contribution in [0.3, 0.4) is 0 Å². The minimum Gasteiger partial charge on any atom is -0.493 e. The van der Waals surface area contributed by atoms with Crippen molar-refractivity contribution < 1.29 is 28.9 Å². The number of benzene rings is 2. The van der Waals surface area contributed by atoms with Crippen LogP contribution in [0.25, 0.3) is 22.0 Å². The van der Waals surface area contributed by atoms with E-state index in [9.17, 15) is 14.7 Å². The van der Waals surface area contributed by atoms with Crippen molar-refractivity contribution in [2.75, 3.05) is 26.1 Å². The lowest BCUT2D eigenvalue weighted by Crippen LogP contribution is -2.14. The molecule has 11 nitrogen and oxygen atoms in total. The maximum Gasteiger partial charge on any atom is 0.335 e. The number of ether oxygens (including phenoxy) is 3. The Hall–Kier alpha value is -4.93. The van der Waals surface area contributed by atoms with E-state index in [0.717, 1.165) is 44.1 Å². The Morgan fingerprint density at radius 2 is 1.77 bits per heavy atom. The number of carbonyl (C=O) groups is 2. The number of carboxylic acid groups (broad SMARTS) is 1. The fraction of sp³-hybridized carbons (Fsp3) is 0.344. The standard InChI is InChI=1S/C32H33N5O6/c1-41-30-24(14-35-32(37-30)42-2)22-12-26-23(13-27(22)43-16-17-7-8-17)28(25(15-34-26)29(33)38)36-21-10-19(18-5-3-4-6-18)9-20(11-21)31(39)40/h9-15,17-18H,3-8,16H2,1-2H3,(H2,33,38)(H,34,36)(H,39,40). The molecular weight excluding hydrogens is 550 g/mol. The van der Waals surface area contributed by atoms with Crippen molar-refractivity contribution in [3.8, 4) is 28.8 Å². The van der Waals surface area contributed by atoms with Gasteiger partial charge in [-0.05, 0) is 73.4 Å². The lowest BCUT2D eigenvalue weighted by atomic mass is 9.95. The average molecular weight is 584 g/mol. The minimum atomic E-state index is -1.02. The van der Waals surface area contributed by atoms with E-state index >= 15 is 0 Å². The van der Waals surface area contributed by atoms with Crippen molar-refractivity contribution in [3.63, 3.8) is 0 Å². The van der Waals surface area contributed by atoms with Gasteiger partial charge in [0.2, 0.25) is 5.88 Å². The SMILES string of the molecule is COc1ncc(-c2cc3ncc(C(N)=O)c(Nc4cc(C(=O)O)cc(C5CCCC5)c4)c3cc2OCC2CC2)c(OC)n1. The number of nitrogens with one attached hydrogen (secondary N) is 1. The van der Waals surface area contributed by atoms with Gasteiger partial charge in [0.05, 0.1) is 48.7 Å². The number of nitrogens with two attached hydrogens (primary N) is 1. The average Bonchev–Trinajstić information content (AvgIpc) is 3.68. The van der Waals surface area contributed by atoms with Crippen LogP contribution in [0.1, 0.15) is 70.7 Å². The van der Waals surface area contributed by atoms with Crippen LogP contribution in [-0.4, -0.2) is 52.8 Å². The largest absolute Gasteiger partial charge is 0.493 e. The molecule has 2 aromatic carbocycles. The first-order valence-electron chi connectivity index (χ1n) is 14.3. The fourth-order valence-corrected chi connectivity index (χ4v) is 5.64. The predicted octanol–water partition coefficient (Wildman–Crippen LogP) is 5.70. The van der Waals surface area contributed by atoms with Crippen LogP contribution < -0.4 is 25.3 Å². The summed E-state index contributed by atoms with van der Waals surface area (Å²) in [5, 5.41) is 13.8. The van der Waals surface area contributed by atoms with E-state index in [1.807, 2.05) is 18.2 Å². The molecule has 43 heavy (non-hydrogen) atoms. The molecule has 222 valence electrons. The predicted molar refractivity (Wildman–Crippen MR) is 161 cm³/mol. The highest BCUT2D eigenvalue weighted by molar-refractivity contribution is 6.09. The van der Waals surface area contributed by atoms with Gasteiger partial charge in [0.25, 0.3) is 5.91 Å². The number of primary amides is 1. The zero-order valence-corrected chi connectivity index (χ0v) is 24.1. The third kappa shape index (κ3) is 5.88. The molecule has 0 unspecified atom stereocenters. The number of methoxy groups -OCH3 is 2. The van der Waals surface area contributed by atoms with E-state index < -0.39 is 11.9 Å². The second-order valence-corrected chi connectivity index (χ2v) is 11.1. The molecule has 0 aliphatic heterocycles. The highest BCUT2D eigenvalue weighted by Crippen LogP contribution is 2.43. The molecule has 0 saturated heterocycles. The molecule has 6 rings (SSSR count). The minimum absolute atomic E-state index is 0.165. The third-order valence-electron chi connectivity index (χ3n) is 8.10. The summed E-state index contributed by atoms with van der Waals surface area (Å²) in [5.74, 6) is -0.0941. The Kier molecular flexibility index (Phi) is 7.71. The van der Waals surface area contributed by atoms with Crippen molar-refractivity contribution in [1.82, 2.24) is 15.0 Å². The fourth-order valence-electron chi connectivity index (χ4n) is 5.64. The summed E-state index contributed by atoms with van der Waals surface area (Å²) < 4.78 is 17.1. The molecule has 0 atom stereocenters. The quantitative estimate of drug-likeness (QED) is 0.200. The molecule has 0 spiro atoms. The third-order valence-corrected chi connectivity index (χ3v) is 8.10. The number of hydrogen-bond acceptors (Lipinski definition) is 9. The van der Waals surface area contributed by atoms with Crippen LogP contribution in [0.4, 0.5) is 11.4 Å². The van der Waals surface area contributed by atoms with E-state index in [0.29, 0.717) is 57.6 Å². The van der Waals surface area contributed by atoms with E-state index in [1.165, 1.54) is 20.4 Å².